The predicted molar refractivity (Wildman–Crippen MR) is 109 cm³/mol. The van der Waals surface area contributed by atoms with Crippen LogP contribution in [0.1, 0.15) is 25.0 Å². The van der Waals surface area contributed by atoms with E-state index in [1.807, 2.05) is 28.8 Å². The Bertz CT molecular complexity index is 843. The summed E-state index contributed by atoms with van der Waals surface area (Å²) in [5, 5.41) is 2.89. The highest BCUT2D eigenvalue weighted by Crippen LogP contribution is 2.16. The molecule has 27 heavy (non-hydrogen) atoms. The van der Waals surface area contributed by atoms with Gasteiger partial charge in [0.1, 0.15) is 6.54 Å². The van der Waals surface area contributed by atoms with E-state index >= 15 is 0 Å². The minimum atomic E-state index is -0.158. The number of pyridine rings is 1. The Kier molecular flexibility index (Phi) is 6.68. The van der Waals surface area contributed by atoms with Crippen molar-refractivity contribution in [3.63, 3.8) is 0 Å². The van der Waals surface area contributed by atoms with Crippen molar-refractivity contribution < 1.29 is 9.53 Å². The Labute approximate surface area is 167 Å². The summed E-state index contributed by atoms with van der Waals surface area (Å²) in [7, 11) is 1.47. The molecule has 1 amide bonds. The van der Waals surface area contributed by atoms with Gasteiger partial charge in [-0.15, -0.1) is 0 Å². The zero-order valence-electron chi connectivity index (χ0n) is 15.4. The number of carbonyl (C=O) groups is 1. The molecule has 0 atom stereocenters. The summed E-state index contributed by atoms with van der Waals surface area (Å²) in [6.45, 7) is 2.82. The normalized spacial score (nSPS) is 14.7. The number of nitrogens with zero attached hydrogens (tertiary/aromatic N) is 2. The highest BCUT2D eigenvalue weighted by atomic mass is 79.9. The van der Waals surface area contributed by atoms with E-state index in [4.69, 9.17) is 4.74 Å². The number of nitrogens with one attached hydrogen (secondary N) is 1. The molecule has 1 aliphatic heterocycles. The topological polar surface area (TPSA) is 63.6 Å². The van der Waals surface area contributed by atoms with Gasteiger partial charge in [0.15, 0.2) is 5.75 Å². The molecule has 1 saturated heterocycles. The number of ether oxygens (including phenoxy) is 1. The molecule has 3 rings (SSSR count). The summed E-state index contributed by atoms with van der Waals surface area (Å²) in [5.74, 6) is 0.0942. The van der Waals surface area contributed by atoms with Crippen molar-refractivity contribution in [1.29, 1.82) is 0 Å². The first kappa shape index (κ1) is 19.6. The molecule has 0 aliphatic carbocycles. The second-order valence-electron chi connectivity index (χ2n) is 6.72. The van der Waals surface area contributed by atoms with Crippen molar-refractivity contribution in [3.05, 3.63) is 56.9 Å². The summed E-state index contributed by atoms with van der Waals surface area (Å²) in [5.41, 5.74) is 1.40. The van der Waals surface area contributed by atoms with Gasteiger partial charge in [0, 0.05) is 28.5 Å². The van der Waals surface area contributed by atoms with Crippen LogP contribution in [-0.4, -0.2) is 35.6 Å². The summed E-state index contributed by atoms with van der Waals surface area (Å²) in [6, 6.07) is 9.01. The number of carbonyl (C=O) groups excluding carboxylic acids is 1. The number of halogens is 1. The van der Waals surface area contributed by atoms with Crippen LogP contribution >= 0.6 is 15.9 Å². The van der Waals surface area contributed by atoms with E-state index in [0.29, 0.717) is 6.54 Å². The average molecular weight is 434 g/mol. The maximum atomic E-state index is 12.5. The highest BCUT2D eigenvalue weighted by molar-refractivity contribution is 9.10. The first-order valence-electron chi connectivity index (χ1n) is 9.10. The van der Waals surface area contributed by atoms with Crippen LogP contribution in [0.5, 0.6) is 5.75 Å². The van der Waals surface area contributed by atoms with E-state index < -0.39 is 0 Å². The molecule has 2 heterocycles. The maximum absolute atomic E-state index is 12.5. The summed E-state index contributed by atoms with van der Waals surface area (Å²) < 4.78 is 7.92. The van der Waals surface area contributed by atoms with Crippen LogP contribution in [0.3, 0.4) is 0 Å². The van der Waals surface area contributed by atoms with Crippen molar-refractivity contribution >= 4 is 27.5 Å². The molecule has 0 spiro atoms. The Morgan fingerprint density at radius 2 is 1.89 bits per heavy atom. The number of likely N-dealkylation sites (tertiary alicyclic amines) is 1. The lowest BCUT2D eigenvalue weighted by atomic mass is 10.1. The molecule has 1 aromatic carbocycles. The second kappa shape index (κ2) is 9.19. The first-order valence-corrected chi connectivity index (χ1v) is 9.89. The Hall–Kier alpha value is -2.12. The Morgan fingerprint density at radius 3 is 2.56 bits per heavy atom. The molecule has 6 nitrogen and oxygen atoms in total. The number of anilines is 1. The van der Waals surface area contributed by atoms with Crippen molar-refractivity contribution in [3.8, 4) is 5.75 Å². The van der Waals surface area contributed by atoms with Crippen LogP contribution < -0.4 is 15.5 Å². The maximum Gasteiger partial charge on any atom is 0.244 e. The number of rotatable bonds is 6. The number of methoxy groups -OCH3 is 1. The van der Waals surface area contributed by atoms with Gasteiger partial charge >= 0.3 is 0 Å². The third kappa shape index (κ3) is 5.43. The van der Waals surface area contributed by atoms with Crippen LogP contribution in [0.25, 0.3) is 0 Å². The zero-order valence-corrected chi connectivity index (χ0v) is 17.0. The SMILES string of the molecule is COc1cn(CC(=O)Nc2ccc(Br)cc2)c(CN2CCCCC2)cc1=O. The number of amides is 1. The molecule has 1 aromatic heterocycles. The van der Waals surface area contributed by atoms with Gasteiger partial charge in [-0.1, -0.05) is 22.4 Å². The van der Waals surface area contributed by atoms with E-state index in [1.54, 1.807) is 12.3 Å². The Balaban J connectivity index is 1.77. The van der Waals surface area contributed by atoms with Crippen molar-refractivity contribution in [2.45, 2.75) is 32.4 Å². The number of piperidine rings is 1. The molecule has 144 valence electrons. The Morgan fingerprint density at radius 1 is 1.19 bits per heavy atom. The molecule has 7 heteroatoms. The van der Waals surface area contributed by atoms with Crippen LogP contribution in [0.4, 0.5) is 5.69 Å². The third-order valence-corrected chi connectivity index (χ3v) is 5.21. The van der Waals surface area contributed by atoms with Crippen molar-refractivity contribution in [2.75, 3.05) is 25.5 Å². The molecule has 1 fully saturated rings. The van der Waals surface area contributed by atoms with Gasteiger partial charge in [-0.05, 0) is 50.2 Å². The lowest BCUT2D eigenvalue weighted by molar-refractivity contribution is -0.116. The molecule has 1 aliphatic rings. The molecular weight excluding hydrogens is 410 g/mol. The van der Waals surface area contributed by atoms with Gasteiger partial charge in [-0.25, -0.2) is 0 Å². The van der Waals surface area contributed by atoms with E-state index in [-0.39, 0.29) is 23.6 Å². The van der Waals surface area contributed by atoms with Gasteiger partial charge in [0.2, 0.25) is 11.3 Å². The summed E-state index contributed by atoms with van der Waals surface area (Å²) in [4.78, 5) is 27.1. The smallest absolute Gasteiger partial charge is 0.244 e. The second-order valence-corrected chi connectivity index (χ2v) is 7.63. The average Bonchev–Trinajstić information content (AvgIpc) is 2.66. The van der Waals surface area contributed by atoms with Gasteiger partial charge in [0.25, 0.3) is 0 Å². The molecule has 0 saturated carbocycles. The zero-order chi connectivity index (χ0) is 19.2. The molecule has 0 unspecified atom stereocenters. The number of benzene rings is 1. The van der Waals surface area contributed by atoms with Crippen LogP contribution in [0.2, 0.25) is 0 Å². The van der Waals surface area contributed by atoms with E-state index in [1.165, 1.54) is 26.4 Å². The summed E-state index contributed by atoms with van der Waals surface area (Å²) >= 11 is 3.38. The standard InChI is InChI=1S/C20H24BrN3O3/c1-27-19-13-24(14-20(26)22-16-7-5-15(21)6-8-16)17(11-18(19)25)12-23-9-3-2-4-10-23/h5-8,11,13H,2-4,9-10,12,14H2,1H3,(H,22,26). The third-order valence-electron chi connectivity index (χ3n) is 4.68. The fourth-order valence-electron chi connectivity index (χ4n) is 3.27. The largest absolute Gasteiger partial charge is 0.491 e. The van der Waals surface area contributed by atoms with Crippen LogP contribution in [0.15, 0.2) is 45.8 Å². The number of aromatic nitrogens is 1. The molecule has 0 bridgehead atoms. The first-order chi connectivity index (χ1) is 13.0. The van der Waals surface area contributed by atoms with Gasteiger partial charge < -0.3 is 14.6 Å². The lowest BCUT2D eigenvalue weighted by Crippen LogP contribution is -2.32. The molecular formula is C20H24BrN3O3. The monoisotopic (exact) mass is 433 g/mol. The predicted octanol–water partition coefficient (Wildman–Crippen LogP) is 3.24. The van der Waals surface area contributed by atoms with E-state index in [0.717, 1.165) is 28.9 Å². The quantitative estimate of drug-likeness (QED) is 0.759. The number of hydrogen-bond acceptors (Lipinski definition) is 4. The minimum Gasteiger partial charge on any atom is -0.491 e. The van der Waals surface area contributed by atoms with Gasteiger partial charge in [-0.3, -0.25) is 14.5 Å². The molecule has 2 aromatic rings. The van der Waals surface area contributed by atoms with Crippen molar-refractivity contribution in [2.24, 2.45) is 0 Å². The van der Waals surface area contributed by atoms with Crippen LogP contribution in [-0.2, 0) is 17.9 Å². The van der Waals surface area contributed by atoms with Crippen LogP contribution in [0, 0.1) is 0 Å². The molecule has 1 N–H and O–H groups in total. The highest BCUT2D eigenvalue weighted by Gasteiger charge is 2.16. The fourth-order valence-corrected chi connectivity index (χ4v) is 3.53. The van der Waals surface area contributed by atoms with E-state index in [2.05, 4.69) is 26.1 Å². The fraction of sp³-hybridized carbons (Fsp3) is 0.400. The van der Waals surface area contributed by atoms with Gasteiger partial charge in [-0.2, -0.15) is 0 Å². The lowest BCUT2D eigenvalue weighted by Gasteiger charge is -2.27. The number of hydrogen-bond donors (Lipinski definition) is 1. The minimum absolute atomic E-state index is 0.121. The summed E-state index contributed by atoms with van der Waals surface area (Å²) in [6.07, 6.45) is 5.22. The van der Waals surface area contributed by atoms with Crippen molar-refractivity contribution in [1.82, 2.24) is 9.47 Å². The van der Waals surface area contributed by atoms with E-state index in [9.17, 15) is 9.59 Å². The van der Waals surface area contributed by atoms with Gasteiger partial charge in [0.05, 0.1) is 13.3 Å². The molecule has 0 radical (unpaired) electrons.